The van der Waals surface area contributed by atoms with Crippen LogP contribution < -0.4 is 0 Å². The van der Waals surface area contributed by atoms with Crippen molar-refractivity contribution in [2.75, 3.05) is 14.1 Å². The summed E-state index contributed by atoms with van der Waals surface area (Å²) in [5.41, 5.74) is 5.31. The van der Waals surface area contributed by atoms with Gasteiger partial charge in [0.2, 0.25) is 0 Å². The van der Waals surface area contributed by atoms with Crippen molar-refractivity contribution in [2.24, 2.45) is 10.8 Å². The van der Waals surface area contributed by atoms with Gasteiger partial charge in [0.15, 0.2) is 0 Å². The molecule has 1 nitrogen and oxygen atoms in total. The van der Waals surface area contributed by atoms with Crippen LogP contribution in [0.5, 0.6) is 0 Å². The van der Waals surface area contributed by atoms with Crippen LogP contribution in [0.2, 0.25) is 0 Å². The lowest BCUT2D eigenvalue weighted by Gasteiger charge is -2.56. The molecular weight excluding hydrogens is 218 g/mol. The summed E-state index contributed by atoms with van der Waals surface area (Å²) in [4.78, 5) is 2.28. The molecule has 2 aliphatic rings. The van der Waals surface area contributed by atoms with E-state index >= 15 is 0 Å². The molecule has 0 aromatic carbocycles. The maximum absolute atomic E-state index is 2.46. The molecule has 1 unspecified atom stereocenters. The third-order valence-corrected chi connectivity index (χ3v) is 5.29. The first-order valence-corrected chi connectivity index (χ1v) is 7.03. The second-order valence-corrected chi connectivity index (χ2v) is 7.02. The summed E-state index contributed by atoms with van der Waals surface area (Å²) in [7, 11) is 4.32. The zero-order valence-electron chi connectivity index (χ0n) is 12.8. The van der Waals surface area contributed by atoms with Crippen molar-refractivity contribution in [1.29, 1.82) is 0 Å². The van der Waals surface area contributed by atoms with Crippen molar-refractivity contribution in [2.45, 2.75) is 47.0 Å². The van der Waals surface area contributed by atoms with Gasteiger partial charge in [-0.1, -0.05) is 38.5 Å². The highest BCUT2D eigenvalue weighted by molar-refractivity contribution is 5.40. The van der Waals surface area contributed by atoms with Crippen LogP contribution in [0.15, 0.2) is 35.1 Å². The molecule has 1 atom stereocenters. The molecule has 100 valence electrons. The minimum Gasteiger partial charge on any atom is -0.378 e. The van der Waals surface area contributed by atoms with Crippen LogP contribution in [0, 0.1) is 10.8 Å². The van der Waals surface area contributed by atoms with Gasteiger partial charge in [0.1, 0.15) is 0 Å². The van der Waals surface area contributed by atoms with E-state index < -0.39 is 0 Å². The molecular formula is C17H27N. The number of hydrogen-bond acceptors (Lipinski definition) is 1. The van der Waals surface area contributed by atoms with Crippen LogP contribution in [-0.2, 0) is 0 Å². The predicted octanol–water partition coefficient (Wildman–Crippen LogP) is 4.53. The second-order valence-electron chi connectivity index (χ2n) is 7.02. The summed E-state index contributed by atoms with van der Waals surface area (Å²) in [6.07, 6.45) is 10.5. The SMILES string of the molecule is CC1=CC=CC(N(C)C)=C(C2(C)CCC2(C)C)C1. The standard InChI is InChI=1S/C17H27N/c1-13-8-7-9-15(18(5)6)14(12-13)17(4)11-10-16(17,2)3/h7-9H,10-12H2,1-6H3. The van der Waals surface area contributed by atoms with Gasteiger partial charge in [-0.3, -0.25) is 0 Å². The fraction of sp³-hybridized carbons (Fsp3) is 0.647. The predicted molar refractivity (Wildman–Crippen MR) is 79.3 cm³/mol. The Kier molecular flexibility index (Phi) is 3.21. The molecule has 0 amide bonds. The Morgan fingerprint density at radius 2 is 1.78 bits per heavy atom. The lowest BCUT2D eigenvalue weighted by atomic mass is 9.48. The molecule has 2 aliphatic carbocycles. The second kappa shape index (κ2) is 4.29. The van der Waals surface area contributed by atoms with Gasteiger partial charge in [-0.25, -0.2) is 0 Å². The minimum absolute atomic E-state index is 0.358. The zero-order chi connectivity index (χ0) is 13.6. The number of likely N-dealkylation sites (N-methyl/N-ethyl adjacent to an activating group) is 1. The molecule has 0 bridgehead atoms. The monoisotopic (exact) mass is 245 g/mol. The lowest BCUT2D eigenvalue weighted by molar-refractivity contribution is -0.00306. The Labute approximate surface area is 112 Å². The first-order chi connectivity index (χ1) is 8.28. The van der Waals surface area contributed by atoms with E-state index in [-0.39, 0.29) is 0 Å². The molecule has 0 heterocycles. The first kappa shape index (κ1) is 13.5. The number of nitrogens with zero attached hydrogens (tertiary/aromatic N) is 1. The number of hydrogen-bond donors (Lipinski definition) is 0. The molecule has 0 aromatic rings. The highest BCUT2D eigenvalue weighted by Gasteiger charge is 2.52. The summed E-state index contributed by atoms with van der Waals surface area (Å²) >= 11 is 0. The third kappa shape index (κ3) is 1.94. The smallest absolute Gasteiger partial charge is 0.0361 e. The Bertz CT molecular complexity index is 435. The van der Waals surface area contributed by atoms with E-state index in [1.165, 1.54) is 24.1 Å². The highest BCUT2D eigenvalue weighted by atomic mass is 15.1. The van der Waals surface area contributed by atoms with E-state index in [0.717, 1.165) is 6.42 Å². The Morgan fingerprint density at radius 1 is 1.11 bits per heavy atom. The van der Waals surface area contributed by atoms with Gasteiger partial charge in [-0.2, -0.15) is 0 Å². The Balaban J connectivity index is 2.49. The average Bonchev–Trinajstić information content (AvgIpc) is 2.48. The fourth-order valence-corrected chi connectivity index (χ4v) is 3.29. The average molecular weight is 245 g/mol. The van der Waals surface area contributed by atoms with Crippen molar-refractivity contribution in [1.82, 2.24) is 4.90 Å². The minimum atomic E-state index is 0.358. The first-order valence-electron chi connectivity index (χ1n) is 7.03. The molecule has 0 N–H and O–H groups in total. The van der Waals surface area contributed by atoms with E-state index in [2.05, 4.69) is 64.9 Å². The summed E-state index contributed by atoms with van der Waals surface area (Å²) < 4.78 is 0. The number of rotatable bonds is 2. The highest BCUT2D eigenvalue weighted by Crippen LogP contribution is 2.62. The quantitative estimate of drug-likeness (QED) is 0.690. The van der Waals surface area contributed by atoms with Crippen molar-refractivity contribution in [3.8, 4) is 0 Å². The van der Waals surface area contributed by atoms with E-state index in [9.17, 15) is 0 Å². The molecule has 2 rings (SSSR count). The van der Waals surface area contributed by atoms with Gasteiger partial charge in [-0.15, -0.1) is 0 Å². The topological polar surface area (TPSA) is 3.24 Å². The van der Waals surface area contributed by atoms with Crippen LogP contribution in [0.1, 0.15) is 47.0 Å². The molecule has 0 aliphatic heterocycles. The summed E-state index contributed by atoms with van der Waals surface area (Å²) in [6, 6.07) is 0. The van der Waals surface area contributed by atoms with Crippen LogP contribution in [0.3, 0.4) is 0 Å². The fourth-order valence-electron chi connectivity index (χ4n) is 3.29. The van der Waals surface area contributed by atoms with Gasteiger partial charge in [0.05, 0.1) is 0 Å². The Morgan fingerprint density at radius 3 is 2.22 bits per heavy atom. The van der Waals surface area contributed by atoms with Crippen molar-refractivity contribution in [3.63, 3.8) is 0 Å². The molecule has 1 heteroatoms. The third-order valence-electron chi connectivity index (χ3n) is 5.29. The zero-order valence-corrected chi connectivity index (χ0v) is 12.8. The van der Waals surface area contributed by atoms with Crippen LogP contribution in [0.25, 0.3) is 0 Å². The van der Waals surface area contributed by atoms with E-state index in [1.54, 1.807) is 5.57 Å². The van der Waals surface area contributed by atoms with Crippen LogP contribution in [-0.4, -0.2) is 19.0 Å². The molecule has 0 radical (unpaired) electrons. The van der Waals surface area contributed by atoms with Gasteiger partial charge < -0.3 is 4.90 Å². The van der Waals surface area contributed by atoms with Gasteiger partial charge in [-0.05, 0) is 48.7 Å². The van der Waals surface area contributed by atoms with Crippen LogP contribution >= 0.6 is 0 Å². The summed E-state index contributed by atoms with van der Waals surface area (Å²) in [5, 5.41) is 0. The molecule has 0 aromatic heterocycles. The Hall–Kier alpha value is -0.980. The van der Waals surface area contributed by atoms with Crippen LogP contribution in [0.4, 0.5) is 0 Å². The molecule has 1 saturated carbocycles. The summed E-state index contributed by atoms with van der Waals surface area (Å²) in [5.74, 6) is 0. The maximum Gasteiger partial charge on any atom is 0.0361 e. The molecule has 18 heavy (non-hydrogen) atoms. The van der Waals surface area contributed by atoms with Gasteiger partial charge >= 0.3 is 0 Å². The van der Waals surface area contributed by atoms with Gasteiger partial charge in [0.25, 0.3) is 0 Å². The normalized spacial score (nSPS) is 30.7. The van der Waals surface area contributed by atoms with Gasteiger partial charge in [0, 0.05) is 19.8 Å². The maximum atomic E-state index is 2.46. The van der Waals surface area contributed by atoms with Crippen molar-refractivity contribution < 1.29 is 0 Å². The molecule has 0 spiro atoms. The summed E-state index contributed by atoms with van der Waals surface area (Å²) in [6.45, 7) is 9.55. The van der Waals surface area contributed by atoms with Crippen molar-refractivity contribution in [3.05, 3.63) is 35.1 Å². The number of allylic oxidation sites excluding steroid dienone is 5. The largest absolute Gasteiger partial charge is 0.378 e. The lowest BCUT2D eigenvalue weighted by Crippen LogP contribution is -2.47. The van der Waals surface area contributed by atoms with E-state index in [4.69, 9.17) is 0 Å². The van der Waals surface area contributed by atoms with Crippen molar-refractivity contribution >= 4 is 0 Å². The van der Waals surface area contributed by atoms with E-state index in [1.807, 2.05) is 0 Å². The molecule has 0 saturated heterocycles. The molecule has 1 fully saturated rings. The van der Waals surface area contributed by atoms with E-state index in [0.29, 0.717) is 10.8 Å².